The average molecular weight is 277 g/mol. The molecule has 0 bridgehead atoms. The molecule has 0 saturated heterocycles. The Bertz CT molecular complexity index is 364. The minimum atomic E-state index is 0.0530. The van der Waals surface area contributed by atoms with Crippen LogP contribution in [0.25, 0.3) is 0 Å². The van der Waals surface area contributed by atoms with Crippen LogP contribution in [0.15, 0.2) is 0 Å². The van der Waals surface area contributed by atoms with Crippen molar-refractivity contribution < 1.29 is 5.11 Å². The molecule has 17 heavy (non-hydrogen) atoms. The lowest BCUT2D eigenvalue weighted by Gasteiger charge is -2.28. The van der Waals surface area contributed by atoms with Gasteiger partial charge >= 0.3 is 0 Å². The lowest BCUT2D eigenvalue weighted by Crippen LogP contribution is -2.37. The van der Waals surface area contributed by atoms with Crippen molar-refractivity contribution in [1.82, 2.24) is 15.0 Å². The number of aliphatic hydroxyl groups excluding tert-OH is 1. The zero-order chi connectivity index (χ0) is 12.3. The van der Waals surface area contributed by atoms with Gasteiger partial charge < -0.3 is 10.0 Å². The second-order valence-electron chi connectivity index (χ2n) is 4.03. The van der Waals surface area contributed by atoms with Crippen LogP contribution in [-0.4, -0.2) is 39.3 Å². The summed E-state index contributed by atoms with van der Waals surface area (Å²) in [6.45, 7) is 0.540. The third-order valence-electron chi connectivity index (χ3n) is 2.93. The van der Waals surface area contributed by atoms with E-state index in [0.29, 0.717) is 18.5 Å². The van der Waals surface area contributed by atoms with Crippen molar-refractivity contribution in [2.45, 2.75) is 31.7 Å². The number of hydrogen-bond acceptors (Lipinski definition) is 5. The van der Waals surface area contributed by atoms with Crippen LogP contribution in [-0.2, 0) is 0 Å². The molecule has 0 amide bonds. The van der Waals surface area contributed by atoms with Crippen LogP contribution >= 0.6 is 23.2 Å². The number of hydrogen-bond donors (Lipinski definition) is 1. The van der Waals surface area contributed by atoms with Crippen LogP contribution in [0.5, 0.6) is 0 Å². The molecular formula is C10H14Cl2N4O. The highest BCUT2D eigenvalue weighted by molar-refractivity contribution is 6.31. The Labute approximate surface area is 110 Å². The molecule has 2 rings (SSSR count). The fourth-order valence-electron chi connectivity index (χ4n) is 2.21. The number of rotatable bonds is 4. The fraction of sp³-hybridized carbons (Fsp3) is 0.700. The van der Waals surface area contributed by atoms with Gasteiger partial charge in [-0.2, -0.15) is 15.0 Å². The SMILES string of the molecule is OCCN(c1nc(Cl)nc(Cl)n1)C1CCCC1. The Kier molecular flexibility index (Phi) is 4.36. The van der Waals surface area contributed by atoms with E-state index in [9.17, 15) is 0 Å². The highest BCUT2D eigenvalue weighted by atomic mass is 35.5. The molecule has 0 unspecified atom stereocenters. The largest absolute Gasteiger partial charge is 0.395 e. The van der Waals surface area contributed by atoms with E-state index >= 15 is 0 Å². The molecule has 0 radical (unpaired) electrons. The van der Waals surface area contributed by atoms with E-state index in [-0.39, 0.29) is 17.2 Å². The van der Waals surface area contributed by atoms with E-state index < -0.39 is 0 Å². The predicted octanol–water partition coefficient (Wildman–Crippen LogP) is 1.92. The summed E-state index contributed by atoms with van der Waals surface area (Å²) >= 11 is 11.5. The fourth-order valence-corrected chi connectivity index (χ4v) is 2.57. The van der Waals surface area contributed by atoms with E-state index in [1.54, 1.807) is 0 Å². The molecule has 1 aliphatic rings. The zero-order valence-electron chi connectivity index (χ0n) is 9.31. The third-order valence-corrected chi connectivity index (χ3v) is 3.27. The number of nitrogens with zero attached hydrogens (tertiary/aromatic N) is 4. The summed E-state index contributed by atoms with van der Waals surface area (Å²) in [4.78, 5) is 13.8. The van der Waals surface area contributed by atoms with Gasteiger partial charge in [0.05, 0.1) is 6.61 Å². The summed E-state index contributed by atoms with van der Waals surface area (Å²) < 4.78 is 0. The van der Waals surface area contributed by atoms with Gasteiger partial charge in [-0.25, -0.2) is 0 Å². The van der Waals surface area contributed by atoms with Crippen LogP contribution in [0, 0.1) is 0 Å². The number of aromatic nitrogens is 3. The monoisotopic (exact) mass is 276 g/mol. The van der Waals surface area contributed by atoms with Crippen LogP contribution in [0.1, 0.15) is 25.7 Å². The molecule has 0 aliphatic heterocycles. The molecule has 1 aromatic heterocycles. The molecule has 1 fully saturated rings. The third kappa shape index (κ3) is 3.18. The Morgan fingerprint density at radius 2 is 1.71 bits per heavy atom. The van der Waals surface area contributed by atoms with Crippen LogP contribution in [0.4, 0.5) is 5.95 Å². The van der Waals surface area contributed by atoms with Gasteiger partial charge in [0.25, 0.3) is 0 Å². The molecular weight excluding hydrogens is 263 g/mol. The number of anilines is 1. The van der Waals surface area contributed by atoms with Crippen LogP contribution in [0.3, 0.4) is 0 Å². The van der Waals surface area contributed by atoms with Crippen molar-refractivity contribution in [2.24, 2.45) is 0 Å². The van der Waals surface area contributed by atoms with Gasteiger partial charge in [0.15, 0.2) is 0 Å². The first kappa shape index (κ1) is 12.8. The van der Waals surface area contributed by atoms with Gasteiger partial charge in [-0.3, -0.25) is 0 Å². The van der Waals surface area contributed by atoms with Crippen LogP contribution < -0.4 is 4.90 Å². The van der Waals surface area contributed by atoms with E-state index in [4.69, 9.17) is 28.3 Å². The first-order chi connectivity index (χ1) is 8.20. The van der Waals surface area contributed by atoms with Crippen LogP contribution in [0.2, 0.25) is 10.6 Å². The van der Waals surface area contributed by atoms with Gasteiger partial charge in [0.1, 0.15) is 0 Å². The van der Waals surface area contributed by atoms with Gasteiger partial charge in [-0.05, 0) is 36.0 Å². The minimum absolute atomic E-state index is 0.0530. The van der Waals surface area contributed by atoms with Crippen molar-refractivity contribution in [3.8, 4) is 0 Å². The second kappa shape index (κ2) is 5.80. The Balaban J connectivity index is 2.24. The van der Waals surface area contributed by atoms with E-state index in [1.807, 2.05) is 4.90 Å². The maximum absolute atomic E-state index is 9.12. The van der Waals surface area contributed by atoms with Crippen molar-refractivity contribution in [2.75, 3.05) is 18.1 Å². The van der Waals surface area contributed by atoms with E-state index in [2.05, 4.69) is 15.0 Å². The molecule has 0 aromatic carbocycles. The minimum Gasteiger partial charge on any atom is -0.395 e. The highest BCUT2D eigenvalue weighted by Crippen LogP contribution is 2.26. The Hall–Kier alpha value is -0.650. The maximum Gasteiger partial charge on any atom is 0.231 e. The summed E-state index contributed by atoms with van der Waals surface area (Å²) in [5, 5.41) is 9.29. The second-order valence-corrected chi connectivity index (χ2v) is 4.70. The topological polar surface area (TPSA) is 62.1 Å². The van der Waals surface area contributed by atoms with Gasteiger partial charge in [-0.1, -0.05) is 12.8 Å². The van der Waals surface area contributed by atoms with E-state index in [1.165, 1.54) is 12.8 Å². The molecule has 1 saturated carbocycles. The van der Waals surface area contributed by atoms with E-state index in [0.717, 1.165) is 12.8 Å². The molecule has 0 atom stereocenters. The van der Waals surface area contributed by atoms with Crippen molar-refractivity contribution in [3.63, 3.8) is 0 Å². The molecule has 1 heterocycles. The molecule has 94 valence electrons. The van der Waals surface area contributed by atoms with Gasteiger partial charge in [0.2, 0.25) is 16.5 Å². The van der Waals surface area contributed by atoms with Gasteiger partial charge in [-0.15, -0.1) is 0 Å². The molecule has 0 spiro atoms. The molecule has 7 heteroatoms. The van der Waals surface area contributed by atoms with Crippen molar-refractivity contribution >= 4 is 29.2 Å². The first-order valence-electron chi connectivity index (χ1n) is 5.65. The smallest absolute Gasteiger partial charge is 0.231 e. The number of halogens is 2. The summed E-state index contributed by atoms with van der Waals surface area (Å²) in [7, 11) is 0. The lowest BCUT2D eigenvalue weighted by atomic mass is 10.2. The summed E-state index contributed by atoms with van der Waals surface area (Å²) in [5.41, 5.74) is 0. The molecule has 5 nitrogen and oxygen atoms in total. The van der Waals surface area contributed by atoms with Crippen molar-refractivity contribution in [3.05, 3.63) is 10.6 Å². The standard InChI is InChI=1S/C10H14Cl2N4O/c11-8-13-9(12)15-10(14-8)16(5-6-17)7-3-1-2-4-7/h7,17H,1-6H2. The zero-order valence-corrected chi connectivity index (χ0v) is 10.8. The predicted molar refractivity (Wildman–Crippen MR) is 66.5 cm³/mol. The normalized spacial score (nSPS) is 16.4. The molecule has 1 aliphatic carbocycles. The summed E-state index contributed by atoms with van der Waals surface area (Å²) in [6.07, 6.45) is 4.56. The average Bonchev–Trinajstić information content (AvgIpc) is 2.77. The molecule has 1 aromatic rings. The van der Waals surface area contributed by atoms with Crippen molar-refractivity contribution in [1.29, 1.82) is 0 Å². The maximum atomic E-state index is 9.12. The lowest BCUT2D eigenvalue weighted by molar-refractivity contribution is 0.296. The highest BCUT2D eigenvalue weighted by Gasteiger charge is 2.25. The van der Waals surface area contributed by atoms with Gasteiger partial charge in [0, 0.05) is 12.6 Å². The Morgan fingerprint density at radius 1 is 1.12 bits per heavy atom. The quantitative estimate of drug-likeness (QED) is 0.911. The summed E-state index contributed by atoms with van der Waals surface area (Å²) in [6, 6.07) is 0.358. The summed E-state index contributed by atoms with van der Waals surface area (Å²) in [5.74, 6) is 0.455. The first-order valence-corrected chi connectivity index (χ1v) is 6.41. The Morgan fingerprint density at radius 3 is 2.24 bits per heavy atom. The number of aliphatic hydroxyl groups is 1. The molecule has 1 N–H and O–H groups in total.